The molecule has 1 fully saturated rings. The van der Waals surface area contributed by atoms with E-state index in [1.807, 2.05) is 5.38 Å². The van der Waals surface area contributed by atoms with E-state index in [1.54, 1.807) is 53.7 Å². The van der Waals surface area contributed by atoms with Crippen molar-refractivity contribution in [3.63, 3.8) is 0 Å². The van der Waals surface area contributed by atoms with Gasteiger partial charge in [-0.3, -0.25) is 9.59 Å². The van der Waals surface area contributed by atoms with Crippen molar-refractivity contribution >= 4 is 46.4 Å². The molecule has 4 rings (SSSR count). The second-order valence-electron chi connectivity index (χ2n) is 6.45. The molecular weight excluding hydrogens is 410 g/mol. The number of halogens is 1. The van der Waals surface area contributed by atoms with Crippen molar-refractivity contribution in [2.45, 2.75) is 0 Å². The smallest absolute Gasteiger partial charge is 0.265 e. The number of piperazine rings is 1. The zero-order valence-electron chi connectivity index (χ0n) is 15.4. The van der Waals surface area contributed by atoms with Crippen LogP contribution in [0, 0.1) is 0 Å². The van der Waals surface area contributed by atoms with Crippen LogP contribution in [0.4, 0.5) is 11.6 Å². The predicted octanol–water partition coefficient (Wildman–Crippen LogP) is 3.41. The van der Waals surface area contributed by atoms with Crippen molar-refractivity contribution in [1.29, 1.82) is 0 Å². The van der Waals surface area contributed by atoms with Gasteiger partial charge in [0.15, 0.2) is 0 Å². The molecule has 0 unspecified atom stereocenters. The van der Waals surface area contributed by atoms with Gasteiger partial charge >= 0.3 is 0 Å². The van der Waals surface area contributed by atoms with E-state index in [0.29, 0.717) is 53.3 Å². The molecule has 1 N–H and O–H groups in total. The number of benzene rings is 1. The van der Waals surface area contributed by atoms with Crippen molar-refractivity contribution < 1.29 is 9.59 Å². The van der Waals surface area contributed by atoms with Gasteiger partial charge in [0.1, 0.15) is 0 Å². The summed E-state index contributed by atoms with van der Waals surface area (Å²) in [6.07, 6.45) is 3.42. The Morgan fingerprint density at radius 2 is 1.79 bits per heavy atom. The summed E-state index contributed by atoms with van der Waals surface area (Å²) in [7, 11) is 0. The molecule has 29 heavy (non-hydrogen) atoms. The van der Waals surface area contributed by atoms with Crippen LogP contribution < -0.4 is 10.2 Å². The second-order valence-corrected chi connectivity index (χ2v) is 7.81. The highest BCUT2D eigenvalue weighted by molar-refractivity contribution is 7.12. The van der Waals surface area contributed by atoms with Crippen LogP contribution in [0.15, 0.2) is 54.2 Å². The van der Waals surface area contributed by atoms with Crippen LogP contribution >= 0.6 is 22.9 Å². The zero-order chi connectivity index (χ0) is 20.2. The second kappa shape index (κ2) is 8.59. The summed E-state index contributed by atoms with van der Waals surface area (Å²) in [6, 6.07) is 10.3. The molecule has 3 heterocycles. The maximum absolute atomic E-state index is 12.9. The third-order valence-corrected chi connectivity index (χ3v) is 5.81. The maximum atomic E-state index is 12.9. The lowest BCUT2D eigenvalue weighted by atomic mass is 10.1. The third-order valence-electron chi connectivity index (χ3n) is 4.61. The summed E-state index contributed by atoms with van der Waals surface area (Å²) in [5, 5.41) is 5.00. The Morgan fingerprint density at radius 1 is 1.03 bits per heavy atom. The van der Waals surface area contributed by atoms with Gasteiger partial charge in [0, 0.05) is 44.1 Å². The van der Waals surface area contributed by atoms with E-state index in [4.69, 9.17) is 11.6 Å². The molecule has 1 saturated heterocycles. The van der Waals surface area contributed by atoms with Gasteiger partial charge in [-0.05, 0) is 35.7 Å². The number of nitrogens with one attached hydrogen (secondary N) is 1. The van der Waals surface area contributed by atoms with Crippen molar-refractivity contribution in [1.82, 2.24) is 14.9 Å². The fourth-order valence-corrected chi connectivity index (χ4v) is 3.88. The molecule has 1 aliphatic heterocycles. The van der Waals surface area contributed by atoms with Crippen molar-refractivity contribution in [2.24, 2.45) is 0 Å². The average molecular weight is 428 g/mol. The molecule has 0 bridgehead atoms. The van der Waals surface area contributed by atoms with Crippen LogP contribution in [0.3, 0.4) is 0 Å². The minimum atomic E-state index is -0.247. The number of carbonyl (C=O) groups is 2. The van der Waals surface area contributed by atoms with E-state index in [2.05, 4.69) is 20.2 Å². The summed E-state index contributed by atoms with van der Waals surface area (Å²) >= 11 is 7.56. The summed E-state index contributed by atoms with van der Waals surface area (Å²) in [5.74, 6) is 0.328. The van der Waals surface area contributed by atoms with Gasteiger partial charge in [0.2, 0.25) is 5.95 Å². The minimum absolute atomic E-state index is 0.0954. The molecule has 2 aromatic heterocycles. The normalized spacial score (nSPS) is 14.0. The van der Waals surface area contributed by atoms with Crippen LogP contribution in [-0.2, 0) is 0 Å². The molecule has 9 heteroatoms. The highest BCUT2D eigenvalue weighted by atomic mass is 35.5. The van der Waals surface area contributed by atoms with Crippen molar-refractivity contribution in [3.05, 3.63) is 69.6 Å². The zero-order valence-corrected chi connectivity index (χ0v) is 17.0. The van der Waals surface area contributed by atoms with Crippen molar-refractivity contribution in [2.75, 3.05) is 36.4 Å². The Morgan fingerprint density at radius 3 is 2.48 bits per heavy atom. The first-order valence-corrected chi connectivity index (χ1v) is 10.3. The molecular formula is C20H18ClN5O2S. The topological polar surface area (TPSA) is 78.4 Å². The van der Waals surface area contributed by atoms with E-state index in [-0.39, 0.29) is 11.8 Å². The molecule has 1 aromatic carbocycles. The lowest BCUT2D eigenvalue weighted by molar-refractivity contribution is 0.0746. The predicted molar refractivity (Wildman–Crippen MR) is 114 cm³/mol. The van der Waals surface area contributed by atoms with Gasteiger partial charge in [-0.15, -0.1) is 11.3 Å². The number of amides is 2. The lowest BCUT2D eigenvalue weighted by Gasteiger charge is -2.34. The maximum Gasteiger partial charge on any atom is 0.265 e. The number of thiophene rings is 1. The summed E-state index contributed by atoms with van der Waals surface area (Å²) in [6.45, 7) is 2.45. The highest BCUT2D eigenvalue weighted by Gasteiger charge is 2.24. The quantitative estimate of drug-likeness (QED) is 0.690. The Balaban J connectivity index is 1.43. The van der Waals surface area contributed by atoms with E-state index in [0.717, 1.165) is 0 Å². The number of anilines is 2. The first kappa shape index (κ1) is 19.4. The number of carbonyl (C=O) groups excluding carboxylic acids is 2. The first-order chi connectivity index (χ1) is 14.1. The highest BCUT2D eigenvalue weighted by Crippen LogP contribution is 2.25. The third kappa shape index (κ3) is 4.38. The number of nitrogens with zero attached hydrogens (tertiary/aromatic N) is 4. The molecule has 0 spiro atoms. The molecule has 2 amide bonds. The molecule has 0 saturated carbocycles. The lowest BCUT2D eigenvalue weighted by Crippen LogP contribution is -2.49. The number of hydrogen-bond acceptors (Lipinski definition) is 6. The molecule has 0 radical (unpaired) electrons. The summed E-state index contributed by atoms with van der Waals surface area (Å²) in [5.41, 5.74) is 0.910. The molecule has 3 aromatic rings. The first-order valence-electron chi connectivity index (χ1n) is 9.07. The Hall–Kier alpha value is -2.97. The van der Waals surface area contributed by atoms with Gasteiger partial charge < -0.3 is 15.1 Å². The van der Waals surface area contributed by atoms with Crippen LogP contribution in [0.25, 0.3) is 0 Å². The van der Waals surface area contributed by atoms with E-state index in [1.165, 1.54) is 11.3 Å². The van der Waals surface area contributed by atoms with Gasteiger partial charge in [0.25, 0.3) is 11.8 Å². The van der Waals surface area contributed by atoms with E-state index >= 15 is 0 Å². The largest absolute Gasteiger partial charge is 0.337 e. The van der Waals surface area contributed by atoms with Gasteiger partial charge in [-0.1, -0.05) is 17.7 Å². The number of hydrogen-bond donors (Lipinski definition) is 1. The molecule has 7 nitrogen and oxygen atoms in total. The monoisotopic (exact) mass is 427 g/mol. The summed E-state index contributed by atoms with van der Waals surface area (Å²) < 4.78 is 0. The van der Waals surface area contributed by atoms with Gasteiger partial charge in [-0.2, -0.15) is 0 Å². The Kier molecular flexibility index (Phi) is 5.73. The van der Waals surface area contributed by atoms with Gasteiger partial charge in [0.05, 0.1) is 15.6 Å². The van der Waals surface area contributed by atoms with Crippen LogP contribution in [0.1, 0.15) is 20.0 Å². The van der Waals surface area contributed by atoms with E-state index < -0.39 is 0 Å². The number of rotatable bonds is 4. The van der Waals surface area contributed by atoms with Crippen LogP contribution in [-0.4, -0.2) is 52.9 Å². The fourth-order valence-electron chi connectivity index (χ4n) is 3.09. The summed E-state index contributed by atoms with van der Waals surface area (Å²) in [4.78, 5) is 38.2. The van der Waals surface area contributed by atoms with Crippen LogP contribution in [0.2, 0.25) is 5.02 Å². The minimum Gasteiger partial charge on any atom is -0.337 e. The molecule has 148 valence electrons. The van der Waals surface area contributed by atoms with Crippen molar-refractivity contribution in [3.8, 4) is 0 Å². The average Bonchev–Trinajstić information content (AvgIpc) is 3.31. The Bertz CT molecular complexity index is 1000. The standard InChI is InChI=1S/C20H18ClN5O2S/c21-15-5-4-14(13-16(15)24-18(27)17-3-1-12-29-17)19(28)25-8-10-26(11-9-25)20-22-6-2-7-23-20/h1-7,12-13H,8-11H2,(H,24,27). The molecule has 0 atom stereocenters. The van der Waals surface area contributed by atoms with E-state index in [9.17, 15) is 9.59 Å². The Labute approximate surface area is 177 Å². The molecule has 1 aliphatic rings. The van der Waals surface area contributed by atoms with Gasteiger partial charge in [-0.25, -0.2) is 9.97 Å². The number of aromatic nitrogens is 2. The fraction of sp³-hybridized carbons (Fsp3) is 0.200. The van der Waals surface area contributed by atoms with Crippen LogP contribution in [0.5, 0.6) is 0 Å². The molecule has 0 aliphatic carbocycles. The SMILES string of the molecule is O=C(Nc1cc(C(=O)N2CCN(c3ncccn3)CC2)ccc1Cl)c1cccs1.